The van der Waals surface area contributed by atoms with Gasteiger partial charge in [0.25, 0.3) is 17.7 Å². The molecular weight excluding hydrogens is 1160 g/mol. The number of allylic oxidation sites excluding steroid dienone is 2. The van der Waals surface area contributed by atoms with Crippen LogP contribution in [0.15, 0.2) is 30.3 Å². The summed E-state index contributed by atoms with van der Waals surface area (Å²) < 4.78 is 0. The Morgan fingerprint density at radius 2 is 1.04 bits per heavy atom. The molecule has 0 saturated carbocycles. The van der Waals surface area contributed by atoms with Crippen LogP contribution in [-0.2, 0) is 67.1 Å². The summed E-state index contributed by atoms with van der Waals surface area (Å²) in [7, 11) is 1.53. The van der Waals surface area contributed by atoms with Crippen LogP contribution in [0.2, 0.25) is 0 Å². The van der Waals surface area contributed by atoms with Crippen LogP contribution in [0.5, 0.6) is 0 Å². The fraction of sp³-hybridized carbons (Fsp3) is 0.667. The van der Waals surface area contributed by atoms with E-state index in [2.05, 4.69) is 82.0 Å². The van der Waals surface area contributed by atoms with Gasteiger partial charge in [0.05, 0.1) is 36.6 Å². The second-order valence-electron chi connectivity index (χ2n) is 23.0. The van der Waals surface area contributed by atoms with Crippen LogP contribution >= 0.6 is 0 Å². The van der Waals surface area contributed by atoms with Crippen molar-refractivity contribution in [3.05, 3.63) is 25.3 Å². The first-order valence-corrected chi connectivity index (χ1v) is 29.4. The molecule has 0 aliphatic carbocycles. The summed E-state index contributed by atoms with van der Waals surface area (Å²) in [6.45, 7) is 19.6. The van der Waals surface area contributed by atoms with Crippen molar-refractivity contribution in [3.63, 3.8) is 0 Å². The smallest absolute Gasteiger partial charge is 0.305 e. The number of aldehydes is 3. The molecule has 89 heavy (non-hydrogen) atoms. The van der Waals surface area contributed by atoms with Gasteiger partial charge in [0.15, 0.2) is 24.5 Å². The number of aliphatic carboxylic acids is 2. The van der Waals surface area contributed by atoms with Crippen molar-refractivity contribution in [2.45, 2.75) is 205 Å². The van der Waals surface area contributed by atoms with E-state index in [4.69, 9.17) is 22.3 Å². The summed E-state index contributed by atoms with van der Waals surface area (Å²) in [5.41, 5.74) is 12.7. The Kier molecular flexibility index (Phi) is 38.0. The number of hydrogen-bond donors (Lipinski definition) is 17. The van der Waals surface area contributed by atoms with Gasteiger partial charge < -0.3 is 89.6 Å². The summed E-state index contributed by atoms with van der Waals surface area (Å²) in [5.74, 6) is -13.7. The number of aliphatic imine (C=N–C) groups is 1. The number of carbonyl (C=O) groups excluding carboxylic acids is 12. The molecule has 0 aliphatic heterocycles. The molecule has 0 aliphatic rings. The second kappa shape index (κ2) is 41.8. The molecule has 4 unspecified atom stereocenters. The first-order chi connectivity index (χ1) is 41.6. The number of rotatable bonds is 49. The summed E-state index contributed by atoms with van der Waals surface area (Å²) in [4.78, 5) is 190. The van der Waals surface area contributed by atoms with Gasteiger partial charge in [-0.05, 0) is 109 Å². The number of carboxylic acid groups (broad SMARTS) is 2. The van der Waals surface area contributed by atoms with Gasteiger partial charge in [0.2, 0.25) is 35.4 Å². The molecule has 20 N–H and O–H groups in total. The largest absolute Gasteiger partial charge is 0.481 e. The molecule has 0 fully saturated rings. The summed E-state index contributed by atoms with van der Waals surface area (Å²) >= 11 is 0. The van der Waals surface area contributed by atoms with Gasteiger partial charge in [-0.3, -0.25) is 73.7 Å². The number of amides is 9. The maximum atomic E-state index is 14.9. The number of nitrogens with zero attached hydrogens (tertiary/aromatic N) is 1. The fourth-order valence-electron chi connectivity index (χ4n) is 8.68. The van der Waals surface area contributed by atoms with Crippen LogP contribution in [0.3, 0.4) is 0 Å². The molecular formula is C57H98N16O16. The van der Waals surface area contributed by atoms with Gasteiger partial charge in [0.1, 0.15) is 42.5 Å². The molecule has 0 aromatic carbocycles. The van der Waals surface area contributed by atoms with Crippen molar-refractivity contribution in [1.82, 2.24) is 63.8 Å². The van der Waals surface area contributed by atoms with Gasteiger partial charge in [-0.2, -0.15) is 0 Å². The molecule has 0 radical (unpaired) electrons. The number of likely N-dealkylation sites (N-methyl/N-ethyl adjacent to an activating group) is 1. The lowest BCUT2D eigenvalue weighted by Crippen LogP contribution is -2.69. The van der Waals surface area contributed by atoms with Gasteiger partial charge >= 0.3 is 11.9 Å². The van der Waals surface area contributed by atoms with Gasteiger partial charge in [0, 0.05) is 13.0 Å². The Bertz CT molecular complexity index is 2460. The zero-order valence-corrected chi connectivity index (χ0v) is 52.6. The maximum Gasteiger partial charge on any atom is 0.305 e. The highest BCUT2D eigenvalue weighted by Gasteiger charge is 2.42. The number of guanidine groups is 1. The molecule has 32 heteroatoms. The van der Waals surface area contributed by atoms with Crippen molar-refractivity contribution in [3.8, 4) is 0 Å². The first-order valence-electron chi connectivity index (χ1n) is 29.4. The number of carboxylic acids is 2. The normalized spacial score (nSPS) is 15.6. The highest BCUT2D eigenvalue weighted by Crippen LogP contribution is 2.18. The van der Waals surface area contributed by atoms with E-state index in [0.717, 1.165) is 0 Å². The van der Waals surface area contributed by atoms with Crippen LogP contribution in [0.25, 0.3) is 0 Å². The fourth-order valence-corrected chi connectivity index (χ4v) is 8.68. The van der Waals surface area contributed by atoms with Gasteiger partial charge in [-0.25, -0.2) is 0 Å². The Hall–Kier alpha value is -8.23. The molecule has 9 amide bonds. The lowest BCUT2D eigenvalue weighted by atomic mass is 9.92. The van der Waals surface area contributed by atoms with Crippen LogP contribution < -0.4 is 81.0 Å². The van der Waals surface area contributed by atoms with E-state index in [0.29, 0.717) is 31.7 Å². The van der Waals surface area contributed by atoms with Crippen molar-refractivity contribution >= 4 is 89.9 Å². The van der Waals surface area contributed by atoms with E-state index in [1.807, 2.05) is 0 Å². The number of primary amides is 1. The summed E-state index contributed by atoms with van der Waals surface area (Å²) in [6.07, 6.45) is -1.27. The minimum absolute atomic E-state index is 0.0489. The van der Waals surface area contributed by atoms with Crippen molar-refractivity contribution < 1.29 is 77.3 Å². The molecule has 0 aromatic heterocycles. The molecule has 502 valence electrons. The van der Waals surface area contributed by atoms with Gasteiger partial charge in [-0.1, -0.05) is 53.7 Å². The molecule has 0 spiro atoms. The zero-order chi connectivity index (χ0) is 68.2. The summed E-state index contributed by atoms with van der Waals surface area (Å²) in [6, 6.07) is -8.26. The Morgan fingerprint density at radius 1 is 0.562 bits per heavy atom. The topological polar surface area (TPSA) is 514 Å². The first kappa shape index (κ1) is 80.8. The van der Waals surface area contributed by atoms with Gasteiger partial charge in [-0.15, -0.1) is 13.2 Å². The minimum Gasteiger partial charge on any atom is -0.481 e. The number of unbranched alkanes of at least 4 members (excludes halogenated alkanes) is 2. The molecule has 0 rings (SSSR count). The lowest BCUT2D eigenvalue weighted by Gasteiger charge is -2.35. The van der Waals surface area contributed by atoms with E-state index in [1.54, 1.807) is 40.7 Å². The molecule has 0 saturated heterocycles. The third-order valence-corrected chi connectivity index (χ3v) is 13.8. The van der Waals surface area contributed by atoms with Crippen LogP contribution in [-0.4, -0.2) is 186 Å². The third kappa shape index (κ3) is 32.0. The van der Waals surface area contributed by atoms with Crippen LogP contribution in [0.1, 0.15) is 139 Å². The van der Waals surface area contributed by atoms with Crippen molar-refractivity contribution in [2.75, 3.05) is 20.1 Å². The average Bonchev–Trinajstić information content (AvgIpc) is 2.03. The Morgan fingerprint density at radius 3 is 1.48 bits per heavy atom. The number of nitrogens with two attached hydrogens (primary N) is 3. The molecule has 0 aromatic rings. The average molecular weight is 1260 g/mol. The maximum absolute atomic E-state index is 14.9. The molecule has 11 atom stereocenters. The molecule has 0 heterocycles. The van der Waals surface area contributed by atoms with Crippen molar-refractivity contribution in [1.29, 1.82) is 0 Å². The number of nitrogens with one attached hydrogen (secondary N) is 12. The number of carbonyl (C=O) groups is 14. The van der Waals surface area contributed by atoms with E-state index in [1.165, 1.54) is 33.9 Å². The highest BCUT2D eigenvalue weighted by atomic mass is 16.4. The van der Waals surface area contributed by atoms with Crippen molar-refractivity contribution in [2.24, 2.45) is 39.9 Å². The van der Waals surface area contributed by atoms with E-state index >= 15 is 0 Å². The Labute approximate surface area is 519 Å². The quantitative estimate of drug-likeness (QED) is 0.00703. The predicted molar refractivity (Wildman–Crippen MR) is 328 cm³/mol. The monoisotopic (exact) mass is 1260 g/mol. The SMILES string of the molecule is C=CCCCC(C)(NC)C(=O)N[C@@H](N[C@H](C=O)CCCN=C(N)N)C(=O)N[C@@H](N[C@H](C=O)CC(C)C)C(=O)N[C@@H](N[C@H](C=O)CC(C)C)C(=O)NC(C)(CCCC=C)C(=O)N[C@@H](CCC(=O)O)C(=O)NC(C(=O)NCC(=O)NC(CC(=O)O)C(N)=O)C(C)C. The Balaban J connectivity index is 7.68. The summed E-state index contributed by atoms with van der Waals surface area (Å²) in [5, 5.41) is 49.5. The lowest BCUT2D eigenvalue weighted by molar-refractivity contribution is -0.140. The standard InChI is InChI=1S/C57H98N16O16/c1-12-14-16-22-56(9,61-11)53(88)72-46(64-35(29-74)19-18-24-62-55(59)60)51(86)70-45(65-36(30-75)25-32(3)4)50(85)71-47(66-37(31-76)26-33(5)6)52(87)73-57(10,23-17-15-13-2)54(89)68-38(20-21-41(78)79)48(83)69-43(34(7)8)49(84)63-28-40(77)67-39(44(58)82)27-42(80)81/h12-13,29-39,43,45-47,61,64-66H,1-2,14-28H2,3-11H3,(H2,58,82)(H,63,84)(H,67,77)(H,68,89)(H,69,83)(H,70,86)(H,71,85)(H,72,88)(H,73,87)(H,78,79)(H,80,81)(H4,59,60,62)/t35-,36-,37-,38-,39?,43?,45+,46+,47+,56?,57?/m0/s1. The minimum atomic E-state index is -2.07. The second-order valence-corrected chi connectivity index (χ2v) is 23.0. The van der Waals surface area contributed by atoms with E-state index in [-0.39, 0.29) is 75.7 Å². The highest BCUT2D eigenvalue weighted by molar-refractivity contribution is 5.99. The predicted octanol–water partition coefficient (Wildman–Crippen LogP) is -3.45. The number of hydrogen-bond acceptors (Lipinski definition) is 19. The third-order valence-electron chi connectivity index (χ3n) is 13.8. The van der Waals surface area contributed by atoms with Crippen LogP contribution in [0, 0.1) is 17.8 Å². The zero-order valence-electron chi connectivity index (χ0n) is 52.6. The molecule has 32 nitrogen and oxygen atoms in total. The van der Waals surface area contributed by atoms with E-state index < -0.39 is 163 Å². The molecule has 0 bridgehead atoms. The van der Waals surface area contributed by atoms with Crippen LogP contribution in [0.4, 0.5) is 0 Å². The van der Waals surface area contributed by atoms with E-state index in [9.17, 15) is 72.2 Å².